The second-order valence-corrected chi connectivity index (χ2v) is 11.4. The van der Waals surface area contributed by atoms with Gasteiger partial charge in [0.05, 0.1) is 0 Å². The lowest BCUT2D eigenvalue weighted by Crippen LogP contribution is -2.47. The number of hydrogen-bond acceptors (Lipinski definition) is 1. The third kappa shape index (κ3) is 3.61. The molecular weight excluding hydrogens is 329 g/mol. The summed E-state index contributed by atoms with van der Waals surface area (Å²) in [6.07, 6.45) is 2.48. The van der Waals surface area contributed by atoms with Gasteiger partial charge in [-0.2, -0.15) is 0 Å². The molecule has 0 saturated heterocycles. The predicted octanol–water partition coefficient (Wildman–Crippen LogP) is 6.51. The van der Waals surface area contributed by atoms with Crippen molar-refractivity contribution in [3.8, 4) is 0 Å². The fourth-order valence-electron chi connectivity index (χ4n) is 3.11. The van der Waals surface area contributed by atoms with Crippen molar-refractivity contribution < 1.29 is 0 Å². The van der Waals surface area contributed by atoms with Gasteiger partial charge in [-0.05, 0) is 45.4 Å². The van der Waals surface area contributed by atoms with Crippen molar-refractivity contribution in [2.45, 2.75) is 52.8 Å². The summed E-state index contributed by atoms with van der Waals surface area (Å²) in [6.45, 7) is 16.2. The molecule has 1 nitrogen and oxygen atoms in total. The number of benzene rings is 1. The van der Waals surface area contributed by atoms with Crippen molar-refractivity contribution >= 4 is 38.7 Å². The van der Waals surface area contributed by atoms with Crippen molar-refractivity contribution in [3.05, 3.63) is 52.6 Å². The van der Waals surface area contributed by atoms with Crippen LogP contribution in [0.25, 0.3) is 0 Å². The Balaban J connectivity index is 0.00000220. The van der Waals surface area contributed by atoms with Gasteiger partial charge in [0.1, 0.15) is 0 Å². The van der Waals surface area contributed by atoms with Crippen molar-refractivity contribution in [2.75, 3.05) is 4.98 Å². The molecule has 0 fully saturated rings. The van der Waals surface area contributed by atoms with Crippen LogP contribution in [0, 0.1) is 6.92 Å². The van der Waals surface area contributed by atoms with E-state index in [4.69, 9.17) is 0 Å². The maximum Gasteiger partial charge on any atom is 0.161 e. The fraction of sp³-hybridized carbons (Fsp3) is 0.444. The molecular formula is C18H29Cl2NSi. The van der Waals surface area contributed by atoms with E-state index in [2.05, 4.69) is 83.0 Å². The van der Waals surface area contributed by atoms with Gasteiger partial charge in [0.25, 0.3) is 0 Å². The lowest BCUT2D eigenvalue weighted by Gasteiger charge is -2.41. The predicted molar refractivity (Wildman–Crippen MR) is 107 cm³/mol. The lowest BCUT2D eigenvalue weighted by atomic mass is 10.0. The Hall–Kier alpha value is -0.703. The number of halogens is 2. The zero-order chi connectivity index (χ0) is 15.1. The number of hydrogen-bond donors (Lipinski definition) is 1. The number of allylic oxidation sites excluding steroid dienone is 4. The van der Waals surface area contributed by atoms with Crippen molar-refractivity contribution in [3.63, 3.8) is 0 Å². The van der Waals surface area contributed by atoms with Gasteiger partial charge in [-0.3, -0.25) is 0 Å². The molecule has 0 aliphatic heterocycles. The minimum atomic E-state index is -1.68. The van der Waals surface area contributed by atoms with Crippen molar-refractivity contribution in [1.82, 2.24) is 0 Å². The summed E-state index contributed by atoms with van der Waals surface area (Å²) in [5, 5.41) is 0.187. The number of aryl methyl sites for hydroxylation is 1. The summed E-state index contributed by atoms with van der Waals surface area (Å²) in [4.78, 5) is 3.86. The highest BCUT2D eigenvalue weighted by atomic mass is 35.5. The Labute approximate surface area is 149 Å². The molecule has 1 aliphatic carbocycles. The monoisotopic (exact) mass is 357 g/mol. The highest BCUT2D eigenvalue weighted by Gasteiger charge is 2.46. The van der Waals surface area contributed by atoms with E-state index in [0.717, 1.165) is 0 Å². The normalized spacial score (nSPS) is 21.0. The molecule has 0 radical (unpaired) electrons. The van der Waals surface area contributed by atoms with Crippen molar-refractivity contribution in [2.24, 2.45) is 0 Å². The van der Waals surface area contributed by atoms with E-state index in [-0.39, 0.29) is 29.9 Å². The number of rotatable bonds is 3. The van der Waals surface area contributed by atoms with Crippen LogP contribution in [0.15, 0.2) is 47.1 Å². The van der Waals surface area contributed by atoms with E-state index >= 15 is 0 Å². The molecule has 1 aromatic rings. The van der Waals surface area contributed by atoms with Gasteiger partial charge in [-0.15, -0.1) is 24.8 Å². The average Bonchev–Trinajstić information content (AvgIpc) is 2.57. The third-order valence-electron chi connectivity index (χ3n) is 5.24. The molecule has 1 aliphatic rings. The molecule has 4 heteroatoms. The third-order valence-corrected chi connectivity index (χ3v) is 9.27. The molecule has 0 saturated carbocycles. The highest BCUT2D eigenvalue weighted by molar-refractivity contribution is 6.84. The van der Waals surface area contributed by atoms with Gasteiger partial charge in [0.15, 0.2) is 8.24 Å². The Morgan fingerprint density at radius 1 is 0.909 bits per heavy atom. The quantitative estimate of drug-likeness (QED) is 0.607. The second kappa shape index (κ2) is 7.25. The summed E-state index contributed by atoms with van der Waals surface area (Å²) < 4.78 is 0. The molecule has 0 heterocycles. The first-order chi connectivity index (χ1) is 9.17. The van der Waals surface area contributed by atoms with Gasteiger partial charge >= 0.3 is 0 Å². The summed E-state index contributed by atoms with van der Waals surface area (Å²) in [7, 11) is -1.68. The van der Waals surface area contributed by atoms with E-state index in [1.165, 1.54) is 28.0 Å². The topological polar surface area (TPSA) is 12.0 Å². The van der Waals surface area contributed by atoms with Crippen molar-refractivity contribution in [1.29, 1.82) is 0 Å². The van der Waals surface area contributed by atoms with Gasteiger partial charge < -0.3 is 4.98 Å². The number of anilines is 1. The first-order valence-electron chi connectivity index (χ1n) is 7.40. The van der Waals surface area contributed by atoms with Crippen LogP contribution in [0.1, 0.15) is 33.3 Å². The minimum Gasteiger partial charge on any atom is -0.410 e. The van der Waals surface area contributed by atoms with Gasteiger partial charge in [0.2, 0.25) is 0 Å². The minimum absolute atomic E-state index is 0. The van der Waals surface area contributed by atoms with E-state index in [0.29, 0.717) is 0 Å². The summed E-state index contributed by atoms with van der Waals surface area (Å²) in [5.74, 6) is 0. The fourth-order valence-corrected chi connectivity index (χ4v) is 5.96. The van der Waals surface area contributed by atoms with E-state index in [1.54, 1.807) is 0 Å². The molecule has 0 bridgehead atoms. The summed E-state index contributed by atoms with van der Waals surface area (Å²) >= 11 is 0. The Morgan fingerprint density at radius 3 is 1.82 bits per heavy atom. The Kier molecular flexibility index (Phi) is 7.01. The molecule has 1 unspecified atom stereocenters. The van der Waals surface area contributed by atoms with Crippen LogP contribution in [-0.4, -0.2) is 8.24 Å². The van der Waals surface area contributed by atoms with Crippen LogP contribution in [0.5, 0.6) is 0 Å². The highest BCUT2D eigenvalue weighted by Crippen LogP contribution is 2.52. The van der Waals surface area contributed by atoms with E-state index < -0.39 is 8.24 Å². The molecule has 1 aromatic carbocycles. The van der Waals surface area contributed by atoms with Crippen LogP contribution in [0.3, 0.4) is 0 Å². The maximum atomic E-state index is 3.86. The number of nitrogens with one attached hydrogen (secondary N) is 1. The molecule has 124 valence electrons. The van der Waals surface area contributed by atoms with Crippen LogP contribution in [0.4, 0.5) is 5.69 Å². The average molecular weight is 358 g/mol. The molecule has 22 heavy (non-hydrogen) atoms. The summed E-state index contributed by atoms with van der Waals surface area (Å²) in [5.41, 5.74) is 7.00. The lowest BCUT2D eigenvalue weighted by molar-refractivity contribution is 0.851. The SMILES string of the molecule is CC1=CC(C)([Si](C)(C)Nc2ccc(C)cc2)C(C)=C1C.Cl.Cl. The van der Waals surface area contributed by atoms with Crippen LogP contribution < -0.4 is 4.98 Å². The van der Waals surface area contributed by atoms with Gasteiger partial charge in [-0.25, -0.2) is 0 Å². The molecule has 1 N–H and O–H groups in total. The zero-order valence-corrected chi connectivity index (χ0v) is 17.3. The van der Waals surface area contributed by atoms with E-state index in [9.17, 15) is 0 Å². The standard InChI is InChI=1S/C18H27NSi.2ClH/c1-13-8-10-17(11-9-13)19-20(6,7)18(5)12-14(2)15(3)16(18)4;;/h8-12,19H,1-7H3;2*1H. The molecule has 0 amide bonds. The zero-order valence-electron chi connectivity index (χ0n) is 14.7. The second-order valence-electron chi connectivity index (χ2n) is 6.90. The van der Waals surface area contributed by atoms with Crippen LogP contribution in [-0.2, 0) is 0 Å². The van der Waals surface area contributed by atoms with E-state index in [1.807, 2.05) is 0 Å². The first kappa shape index (κ1) is 21.3. The Morgan fingerprint density at radius 2 is 1.41 bits per heavy atom. The summed E-state index contributed by atoms with van der Waals surface area (Å²) in [6, 6.07) is 8.76. The molecule has 1 atom stereocenters. The molecule has 0 spiro atoms. The van der Waals surface area contributed by atoms with Gasteiger partial charge in [0, 0.05) is 10.7 Å². The maximum absolute atomic E-state index is 3.86. The molecule has 0 aromatic heterocycles. The largest absolute Gasteiger partial charge is 0.410 e. The first-order valence-corrected chi connectivity index (χ1v) is 10.4. The van der Waals surface area contributed by atoms with Gasteiger partial charge in [-0.1, -0.05) is 54.9 Å². The Bertz CT molecular complexity index is 588. The van der Waals surface area contributed by atoms with Crippen LogP contribution >= 0.6 is 24.8 Å². The molecule has 2 rings (SSSR count). The van der Waals surface area contributed by atoms with Crippen LogP contribution in [0.2, 0.25) is 18.1 Å². The smallest absolute Gasteiger partial charge is 0.161 e.